The molecule has 0 unspecified atom stereocenters. The number of carbonyl (C=O) groups is 1. The average molecular weight is 464 g/mol. The first-order chi connectivity index (χ1) is 15.0. The van der Waals surface area contributed by atoms with Crippen LogP contribution in [0.5, 0.6) is 5.75 Å². The second kappa shape index (κ2) is 10.1. The number of hydrogen-bond donors (Lipinski definition) is 0. The predicted molar refractivity (Wildman–Crippen MR) is 121 cm³/mol. The van der Waals surface area contributed by atoms with Crippen LogP contribution in [-0.4, -0.2) is 80.9 Å². The van der Waals surface area contributed by atoms with Crippen molar-refractivity contribution in [3.63, 3.8) is 0 Å². The maximum atomic E-state index is 13.1. The number of carbonyl (C=O) groups excluding carboxylic acids is 1. The standard InChI is InChI=1S/C22H29N3O4S2/c26-22(19-6-4-10-25(18-19)31(27,28)21-9-5-17-30-21)24-13-11-23(12-14-24)15-16-29-20-7-2-1-3-8-20/h1-3,5,7-9,17,19H,4,6,10-16,18H2/t19-/m0/s1. The van der Waals surface area contributed by atoms with Crippen LogP contribution in [0.1, 0.15) is 12.8 Å². The molecule has 168 valence electrons. The molecule has 0 radical (unpaired) electrons. The van der Waals surface area contributed by atoms with E-state index >= 15 is 0 Å². The Morgan fingerprint density at radius 2 is 1.81 bits per heavy atom. The van der Waals surface area contributed by atoms with Gasteiger partial charge in [0.15, 0.2) is 0 Å². The minimum atomic E-state index is -3.50. The van der Waals surface area contributed by atoms with Crippen LogP contribution in [0, 0.1) is 5.92 Å². The van der Waals surface area contributed by atoms with Crippen molar-refractivity contribution in [3.05, 3.63) is 47.8 Å². The smallest absolute Gasteiger partial charge is 0.252 e. The number of benzene rings is 1. The highest BCUT2D eigenvalue weighted by molar-refractivity contribution is 7.91. The lowest BCUT2D eigenvalue weighted by molar-refractivity contribution is -0.138. The van der Waals surface area contributed by atoms with Gasteiger partial charge in [-0.2, -0.15) is 4.31 Å². The fourth-order valence-electron chi connectivity index (χ4n) is 4.16. The summed E-state index contributed by atoms with van der Waals surface area (Å²) in [5, 5.41) is 1.77. The molecule has 0 bridgehead atoms. The van der Waals surface area contributed by atoms with Gasteiger partial charge in [0.1, 0.15) is 16.6 Å². The molecule has 0 aliphatic carbocycles. The summed E-state index contributed by atoms with van der Waals surface area (Å²) in [4.78, 5) is 17.3. The van der Waals surface area contributed by atoms with E-state index in [9.17, 15) is 13.2 Å². The zero-order chi connectivity index (χ0) is 21.7. The Hall–Kier alpha value is -1.94. The second-order valence-corrected chi connectivity index (χ2v) is 11.1. The van der Waals surface area contributed by atoms with Crippen LogP contribution in [0.3, 0.4) is 0 Å². The molecule has 2 fully saturated rings. The normalized spacial score (nSPS) is 21.2. The first-order valence-electron chi connectivity index (χ1n) is 10.8. The summed E-state index contributed by atoms with van der Waals surface area (Å²) in [6.07, 6.45) is 1.47. The van der Waals surface area contributed by atoms with Gasteiger partial charge in [0.05, 0.1) is 5.92 Å². The first-order valence-corrected chi connectivity index (χ1v) is 13.1. The highest BCUT2D eigenvalue weighted by Crippen LogP contribution is 2.27. The average Bonchev–Trinajstić information content (AvgIpc) is 3.36. The summed E-state index contributed by atoms with van der Waals surface area (Å²) in [6.45, 7) is 5.20. The van der Waals surface area contributed by atoms with E-state index in [0.29, 0.717) is 30.5 Å². The largest absolute Gasteiger partial charge is 0.492 e. The second-order valence-electron chi connectivity index (χ2n) is 7.96. The molecule has 2 aromatic rings. The molecular formula is C22H29N3O4S2. The Morgan fingerprint density at radius 1 is 1.03 bits per heavy atom. The van der Waals surface area contributed by atoms with E-state index in [4.69, 9.17) is 4.74 Å². The fraction of sp³-hybridized carbons (Fsp3) is 0.500. The van der Waals surface area contributed by atoms with Crippen LogP contribution in [0.15, 0.2) is 52.1 Å². The van der Waals surface area contributed by atoms with Crippen molar-refractivity contribution >= 4 is 27.3 Å². The monoisotopic (exact) mass is 463 g/mol. The van der Waals surface area contributed by atoms with Crippen molar-refractivity contribution in [3.8, 4) is 5.75 Å². The van der Waals surface area contributed by atoms with E-state index in [2.05, 4.69) is 4.90 Å². The molecule has 7 nitrogen and oxygen atoms in total. The van der Waals surface area contributed by atoms with E-state index in [1.165, 1.54) is 15.6 Å². The number of nitrogens with zero attached hydrogens (tertiary/aromatic N) is 3. The molecule has 3 heterocycles. The van der Waals surface area contributed by atoms with Gasteiger partial charge >= 0.3 is 0 Å². The number of rotatable bonds is 7. The highest BCUT2D eigenvalue weighted by atomic mass is 32.2. The Labute approximate surface area is 188 Å². The Kier molecular flexibility index (Phi) is 7.27. The lowest BCUT2D eigenvalue weighted by Crippen LogP contribution is -2.53. The molecule has 2 aliphatic rings. The maximum Gasteiger partial charge on any atom is 0.252 e. The van der Waals surface area contributed by atoms with Crippen LogP contribution >= 0.6 is 11.3 Å². The van der Waals surface area contributed by atoms with Gasteiger partial charge in [-0.3, -0.25) is 9.69 Å². The van der Waals surface area contributed by atoms with E-state index in [0.717, 1.165) is 38.2 Å². The van der Waals surface area contributed by atoms with Gasteiger partial charge in [0, 0.05) is 45.8 Å². The van der Waals surface area contributed by atoms with Gasteiger partial charge < -0.3 is 9.64 Å². The van der Waals surface area contributed by atoms with Crippen molar-refractivity contribution < 1.29 is 17.9 Å². The maximum absolute atomic E-state index is 13.1. The summed E-state index contributed by atoms with van der Waals surface area (Å²) in [6, 6.07) is 13.1. The minimum Gasteiger partial charge on any atom is -0.492 e. The van der Waals surface area contributed by atoms with Gasteiger partial charge in [0.2, 0.25) is 5.91 Å². The summed E-state index contributed by atoms with van der Waals surface area (Å²) in [5.41, 5.74) is 0. The molecule has 4 rings (SSSR count). The summed E-state index contributed by atoms with van der Waals surface area (Å²) in [5.74, 6) is 0.707. The zero-order valence-electron chi connectivity index (χ0n) is 17.6. The van der Waals surface area contributed by atoms with Crippen LogP contribution in [0.25, 0.3) is 0 Å². The van der Waals surface area contributed by atoms with Gasteiger partial charge in [-0.05, 0) is 36.4 Å². The number of hydrogen-bond acceptors (Lipinski definition) is 6. The Bertz CT molecular complexity index is 942. The van der Waals surface area contributed by atoms with E-state index < -0.39 is 10.0 Å². The van der Waals surface area contributed by atoms with Gasteiger partial charge in [-0.25, -0.2) is 8.42 Å². The molecule has 2 saturated heterocycles. The van der Waals surface area contributed by atoms with Crippen LogP contribution in [-0.2, 0) is 14.8 Å². The molecule has 1 atom stereocenters. The first kappa shape index (κ1) is 22.3. The van der Waals surface area contributed by atoms with Gasteiger partial charge in [0.25, 0.3) is 10.0 Å². The number of thiophene rings is 1. The molecule has 9 heteroatoms. The topological polar surface area (TPSA) is 70.2 Å². The van der Waals surface area contributed by atoms with Gasteiger partial charge in [-0.15, -0.1) is 11.3 Å². The Balaban J connectivity index is 1.24. The quantitative estimate of drug-likeness (QED) is 0.631. The SMILES string of the molecule is O=C([C@H]1CCCN(S(=O)(=O)c2cccs2)C1)N1CCN(CCOc2ccccc2)CC1. The number of para-hydroxylation sites is 1. The molecule has 2 aliphatic heterocycles. The third-order valence-electron chi connectivity index (χ3n) is 5.93. The van der Waals surface area contributed by atoms with Crippen molar-refractivity contribution in [1.29, 1.82) is 0 Å². The molecule has 0 N–H and O–H groups in total. The molecule has 31 heavy (non-hydrogen) atoms. The zero-order valence-corrected chi connectivity index (χ0v) is 19.2. The minimum absolute atomic E-state index is 0.0891. The molecule has 0 spiro atoms. The highest BCUT2D eigenvalue weighted by Gasteiger charge is 2.36. The van der Waals surface area contributed by atoms with Crippen molar-refractivity contribution in [2.24, 2.45) is 5.92 Å². The van der Waals surface area contributed by atoms with E-state index in [-0.39, 0.29) is 18.4 Å². The third kappa shape index (κ3) is 5.46. The van der Waals surface area contributed by atoms with Gasteiger partial charge in [-0.1, -0.05) is 24.3 Å². The summed E-state index contributed by atoms with van der Waals surface area (Å²) >= 11 is 1.23. The number of ether oxygens (including phenoxy) is 1. The van der Waals surface area contributed by atoms with Crippen LogP contribution < -0.4 is 4.74 Å². The Morgan fingerprint density at radius 3 is 2.52 bits per heavy atom. The number of sulfonamides is 1. The van der Waals surface area contributed by atoms with Crippen molar-refractivity contribution in [1.82, 2.24) is 14.1 Å². The fourth-order valence-corrected chi connectivity index (χ4v) is 6.83. The van der Waals surface area contributed by atoms with E-state index in [1.807, 2.05) is 35.2 Å². The predicted octanol–water partition coefficient (Wildman–Crippen LogP) is 2.37. The van der Waals surface area contributed by atoms with Crippen LogP contribution in [0.2, 0.25) is 0 Å². The molecule has 1 aromatic carbocycles. The molecule has 1 amide bonds. The number of piperazine rings is 1. The summed E-state index contributed by atoms with van der Waals surface area (Å²) in [7, 11) is -3.50. The molecular weight excluding hydrogens is 434 g/mol. The third-order valence-corrected chi connectivity index (χ3v) is 9.16. The lowest BCUT2D eigenvalue weighted by Gasteiger charge is -2.38. The molecule has 0 saturated carbocycles. The lowest BCUT2D eigenvalue weighted by atomic mass is 9.98. The summed E-state index contributed by atoms with van der Waals surface area (Å²) < 4.78 is 33.3. The number of piperidine rings is 1. The van der Waals surface area contributed by atoms with Crippen LogP contribution in [0.4, 0.5) is 0 Å². The van der Waals surface area contributed by atoms with Crippen molar-refractivity contribution in [2.45, 2.75) is 17.1 Å². The van der Waals surface area contributed by atoms with Crippen molar-refractivity contribution in [2.75, 3.05) is 52.4 Å². The number of amides is 1. The van der Waals surface area contributed by atoms with E-state index in [1.54, 1.807) is 17.5 Å². The molecule has 1 aromatic heterocycles.